The number of anilines is 1. The highest BCUT2D eigenvalue weighted by Gasteiger charge is 2.22. The van der Waals surface area contributed by atoms with Gasteiger partial charge < -0.3 is 10.0 Å². The number of carboxylic acid groups (broad SMARTS) is 1. The highest BCUT2D eigenvalue weighted by molar-refractivity contribution is 9.10. The number of halogens is 1. The summed E-state index contributed by atoms with van der Waals surface area (Å²) in [5.41, 5.74) is 2.06. The summed E-state index contributed by atoms with van der Waals surface area (Å²) in [6, 6.07) is 6.08. The summed E-state index contributed by atoms with van der Waals surface area (Å²) in [4.78, 5) is 12.9. The van der Waals surface area contributed by atoms with E-state index in [9.17, 15) is 4.79 Å². The zero-order chi connectivity index (χ0) is 14.7. The van der Waals surface area contributed by atoms with E-state index in [0.717, 1.165) is 29.2 Å². The van der Waals surface area contributed by atoms with Crippen LogP contribution in [0.15, 0.2) is 28.7 Å². The summed E-state index contributed by atoms with van der Waals surface area (Å²) in [5, 5.41) is 9.93. The van der Waals surface area contributed by atoms with E-state index >= 15 is 0 Å². The van der Waals surface area contributed by atoms with Gasteiger partial charge in [-0.3, -0.25) is 0 Å². The van der Waals surface area contributed by atoms with Crippen LogP contribution >= 0.6 is 27.7 Å². The van der Waals surface area contributed by atoms with Crippen molar-refractivity contribution in [2.45, 2.75) is 24.3 Å². The number of thioether (sulfide) groups is 1. The first-order chi connectivity index (χ1) is 9.45. The maximum atomic E-state index is 10.6. The number of carbonyl (C=O) groups is 1. The third-order valence-corrected chi connectivity index (χ3v) is 5.09. The van der Waals surface area contributed by atoms with Gasteiger partial charge in [-0.25, -0.2) is 4.79 Å². The van der Waals surface area contributed by atoms with Crippen LogP contribution in [0.5, 0.6) is 0 Å². The van der Waals surface area contributed by atoms with Crippen LogP contribution in [0.3, 0.4) is 0 Å². The van der Waals surface area contributed by atoms with E-state index in [0.29, 0.717) is 10.5 Å². The summed E-state index contributed by atoms with van der Waals surface area (Å²) in [6.45, 7) is 6.61. The Kier molecular flexibility index (Phi) is 5.16. The van der Waals surface area contributed by atoms with Crippen molar-refractivity contribution in [2.75, 3.05) is 18.0 Å². The SMILES string of the molecule is CC1CN(c2ccc(/C=C/C(=O)O)c(Br)c2)CC(C)S1. The van der Waals surface area contributed by atoms with Gasteiger partial charge in [0.2, 0.25) is 0 Å². The molecular formula is C15H18BrNO2S. The molecule has 1 aliphatic rings. The van der Waals surface area contributed by atoms with Crippen molar-refractivity contribution in [1.82, 2.24) is 0 Å². The number of nitrogens with zero attached hydrogens (tertiary/aromatic N) is 1. The number of benzene rings is 1. The van der Waals surface area contributed by atoms with Crippen LogP contribution in [0, 0.1) is 0 Å². The van der Waals surface area contributed by atoms with Crippen LogP contribution in [0.2, 0.25) is 0 Å². The molecule has 1 aromatic rings. The number of rotatable bonds is 3. The Hall–Kier alpha value is -0.940. The fraction of sp³-hybridized carbons (Fsp3) is 0.400. The highest BCUT2D eigenvalue weighted by atomic mass is 79.9. The van der Waals surface area contributed by atoms with Gasteiger partial charge in [0.1, 0.15) is 0 Å². The Morgan fingerprint density at radius 2 is 2.05 bits per heavy atom. The van der Waals surface area contributed by atoms with Gasteiger partial charge in [-0.1, -0.05) is 35.8 Å². The summed E-state index contributed by atoms with van der Waals surface area (Å²) in [7, 11) is 0. The summed E-state index contributed by atoms with van der Waals surface area (Å²) in [6.07, 6.45) is 2.76. The van der Waals surface area contributed by atoms with E-state index in [2.05, 4.69) is 46.8 Å². The van der Waals surface area contributed by atoms with Crippen molar-refractivity contribution in [3.05, 3.63) is 34.3 Å². The van der Waals surface area contributed by atoms with E-state index in [4.69, 9.17) is 5.11 Å². The van der Waals surface area contributed by atoms with E-state index in [1.807, 2.05) is 17.8 Å². The van der Waals surface area contributed by atoms with E-state index in [-0.39, 0.29) is 0 Å². The Morgan fingerprint density at radius 3 is 2.60 bits per heavy atom. The Labute approximate surface area is 132 Å². The Morgan fingerprint density at radius 1 is 1.40 bits per heavy atom. The second kappa shape index (κ2) is 6.68. The maximum Gasteiger partial charge on any atom is 0.328 e. The second-order valence-corrected chi connectivity index (χ2v) is 7.78. The molecule has 1 heterocycles. The first-order valence-electron chi connectivity index (χ1n) is 6.56. The minimum atomic E-state index is -0.934. The second-order valence-electron chi connectivity index (χ2n) is 5.04. The minimum Gasteiger partial charge on any atom is -0.478 e. The fourth-order valence-corrected chi connectivity index (χ4v) is 4.22. The van der Waals surface area contributed by atoms with Gasteiger partial charge in [0, 0.05) is 39.8 Å². The van der Waals surface area contributed by atoms with Gasteiger partial charge in [-0.2, -0.15) is 11.8 Å². The molecule has 1 saturated heterocycles. The van der Waals surface area contributed by atoms with Crippen LogP contribution in [0.1, 0.15) is 19.4 Å². The molecule has 2 atom stereocenters. The van der Waals surface area contributed by atoms with E-state index in [1.54, 1.807) is 6.08 Å². The van der Waals surface area contributed by atoms with Crippen molar-refractivity contribution in [1.29, 1.82) is 0 Å². The van der Waals surface area contributed by atoms with Crippen LogP contribution in [-0.4, -0.2) is 34.7 Å². The summed E-state index contributed by atoms with van der Waals surface area (Å²) < 4.78 is 0.922. The van der Waals surface area contributed by atoms with Crippen molar-refractivity contribution in [3.8, 4) is 0 Å². The molecule has 20 heavy (non-hydrogen) atoms. The number of aliphatic carboxylic acids is 1. The molecule has 0 amide bonds. The number of hydrogen-bond acceptors (Lipinski definition) is 3. The van der Waals surface area contributed by atoms with Gasteiger partial charge in [0.15, 0.2) is 0 Å². The largest absolute Gasteiger partial charge is 0.478 e. The lowest BCUT2D eigenvalue weighted by Crippen LogP contribution is -2.40. The van der Waals surface area contributed by atoms with Crippen molar-refractivity contribution >= 4 is 45.4 Å². The highest BCUT2D eigenvalue weighted by Crippen LogP contribution is 2.31. The molecule has 1 aliphatic heterocycles. The number of hydrogen-bond donors (Lipinski definition) is 1. The molecule has 5 heteroatoms. The molecule has 0 spiro atoms. The lowest BCUT2D eigenvalue weighted by atomic mass is 10.1. The van der Waals surface area contributed by atoms with E-state index in [1.165, 1.54) is 5.69 Å². The maximum absolute atomic E-state index is 10.6. The minimum absolute atomic E-state index is 0.629. The predicted octanol–water partition coefficient (Wildman–Crippen LogP) is 3.88. The first kappa shape index (κ1) is 15.4. The third kappa shape index (κ3) is 4.03. The van der Waals surface area contributed by atoms with Crippen LogP contribution in [-0.2, 0) is 4.79 Å². The molecule has 0 aliphatic carbocycles. The molecule has 1 fully saturated rings. The van der Waals surface area contributed by atoms with Crippen LogP contribution in [0.25, 0.3) is 6.08 Å². The molecule has 1 aromatic carbocycles. The lowest BCUT2D eigenvalue weighted by Gasteiger charge is -2.36. The predicted molar refractivity (Wildman–Crippen MR) is 89.5 cm³/mol. The van der Waals surface area contributed by atoms with Gasteiger partial charge in [0.05, 0.1) is 0 Å². The average Bonchev–Trinajstić information content (AvgIpc) is 2.35. The molecule has 108 valence electrons. The molecule has 1 N–H and O–H groups in total. The van der Waals surface area contributed by atoms with Gasteiger partial charge in [-0.15, -0.1) is 0 Å². The molecule has 2 rings (SSSR count). The standard InChI is InChI=1S/C15H18BrNO2S/c1-10-8-17(9-11(2)20-10)13-5-3-12(14(16)7-13)4-6-15(18)19/h3-7,10-11H,8-9H2,1-2H3,(H,18,19)/b6-4+. The van der Waals surface area contributed by atoms with Crippen molar-refractivity contribution < 1.29 is 9.90 Å². The molecule has 0 aromatic heterocycles. The molecular weight excluding hydrogens is 338 g/mol. The van der Waals surface area contributed by atoms with Gasteiger partial charge in [0.25, 0.3) is 0 Å². The normalized spacial score (nSPS) is 23.2. The van der Waals surface area contributed by atoms with Crippen LogP contribution in [0.4, 0.5) is 5.69 Å². The molecule has 0 saturated carbocycles. The van der Waals surface area contributed by atoms with Gasteiger partial charge >= 0.3 is 5.97 Å². The fourth-order valence-electron chi connectivity index (χ4n) is 2.40. The lowest BCUT2D eigenvalue weighted by molar-refractivity contribution is -0.131. The van der Waals surface area contributed by atoms with E-state index < -0.39 is 5.97 Å². The summed E-state index contributed by atoms with van der Waals surface area (Å²) >= 11 is 5.55. The molecule has 0 radical (unpaired) electrons. The smallest absolute Gasteiger partial charge is 0.328 e. The quantitative estimate of drug-likeness (QED) is 0.835. The van der Waals surface area contributed by atoms with Gasteiger partial charge in [-0.05, 0) is 23.8 Å². The Balaban J connectivity index is 2.18. The average molecular weight is 356 g/mol. The van der Waals surface area contributed by atoms with Crippen LogP contribution < -0.4 is 4.90 Å². The first-order valence-corrected chi connectivity index (χ1v) is 8.30. The van der Waals surface area contributed by atoms with Crippen molar-refractivity contribution in [3.63, 3.8) is 0 Å². The topological polar surface area (TPSA) is 40.5 Å². The molecule has 2 unspecified atom stereocenters. The molecule has 3 nitrogen and oxygen atoms in total. The zero-order valence-electron chi connectivity index (χ0n) is 11.5. The molecule has 0 bridgehead atoms. The summed E-state index contributed by atoms with van der Waals surface area (Å²) in [5.74, 6) is -0.934. The number of carboxylic acids is 1. The monoisotopic (exact) mass is 355 g/mol. The Bertz CT molecular complexity index is 523. The third-order valence-electron chi connectivity index (χ3n) is 3.17. The zero-order valence-corrected chi connectivity index (χ0v) is 13.9. The van der Waals surface area contributed by atoms with Crippen molar-refractivity contribution in [2.24, 2.45) is 0 Å².